The summed E-state index contributed by atoms with van der Waals surface area (Å²) in [5, 5.41) is -0.0782. The second-order valence-electron chi connectivity index (χ2n) is 7.39. The highest BCUT2D eigenvalue weighted by Gasteiger charge is 2.39. The smallest absolute Gasteiger partial charge is 0.289 e. The number of carbonyl (C=O) groups excluding carboxylic acids is 2. The van der Waals surface area contributed by atoms with Crippen molar-refractivity contribution in [3.8, 4) is 11.5 Å². The van der Waals surface area contributed by atoms with Gasteiger partial charge in [-0.25, -0.2) is 0 Å². The first kappa shape index (κ1) is 22.2. The zero-order chi connectivity index (χ0) is 22.5. The van der Waals surface area contributed by atoms with Crippen molar-refractivity contribution >= 4 is 34.5 Å². The van der Waals surface area contributed by atoms with Crippen LogP contribution in [0.5, 0.6) is 11.5 Å². The average molecular weight is 468 g/mol. The molecule has 0 N–H and O–H groups in total. The van der Waals surface area contributed by atoms with Crippen molar-refractivity contribution in [3.05, 3.63) is 94.5 Å². The van der Waals surface area contributed by atoms with Crippen molar-refractivity contribution in [2.45, 2.75) is 24.8 Å². The van der Waals surface area contributed by atoms with Gasteiger partial charge in [-0.1, -0.05) is 71.9 Å². The number of thioether (sulfide) groups is 1. The Kier molecular flexibility index (Phi) is 7.02. The van der Waals surface area contributed by atoms with Gasteiger partial charge in [-0.2, -0.15) is 0 Å². The summed E-state index contributed by atoms with van der Waals surface area (Å²) >= 11 is 6.98. The normalized spacial score (nSPS) is 15.8. The molecule has 7 heteroatoms. The van der Waals surface area contributed by atoms with E-state index in [0.29, 0.717) is 29.5 Å². The van der Waals surface area contributed by atoms with Gasteiger partial charge in [-0.05, 0) is 47.4 Å². The van der Waals surface area contributed by atoms with E-state index >= 15 is 0 Å². The lowest BCUT2D eigenvalue weighted by atomic mass is 10.1. The third-order valence-corrected chi connectivity index (χ3v) is 6.47. The zero-order valence-electron chi connectivity index (χ0n) is 17.5. The zero-order valence-corrected chi connectivity index (χ0v) is 19.1. The molecule has 0 aliphatic carbocycles. The van der Waals surface area contributed by atoms with E-state index in [1.54, 1.807) is 19.2 Å². The van der Waals surface area contributed by atoms with Crippen LogP contribution >= 0.6 is 23.4 Å². The molecule has 164 valence electrons. The molecular weight excluding hydrogens is 446 g/mol. The van der Waals surface area contributed by atoms with Crippen LogP contribution in [0.15, 0.2) is 72.8 Å². The maximum atomic E-state index is 12.9. The average Bonchev–Trinajstić information content (AvgIpc) is 3.07. The van der Waals surface area contributed by atoms with E-state index in [0.717, 1.165) is 28.5 Å². The minimum Gasteiger partial charge on any atom is -0.493 e. The van der Waals surface area contributed by atoms with Crippen LogP contribution < -0.4 is 9.47 Å². The lowest BCUT2D eigenvalue weighted by Gasteiger charge is -2.15. The van der Waals surface area contributed by atoms with Crippen molar-refractivity contribution < 1.29 is 19.1 Å². The minimum atomic E-state index is -0.462. The van der Waals surface area contributed by atoms with E-state index in [-0.39, 0.29) is 17.7 Å². The van der Waals surface area contributed by atoms with Gasteiger partial charge in [0, 0.05) is 5.02 Å². The Morgan fingerprint density at radius 3 is 2.34 bits per heavy atom. The highest BCUT2D eigenvalue weighted by atomic mass is 35.5. The molecule has 1 saturated heterocycles. The number of hydrogen-bond acceptors (Lipinski definition) is 5. The first-order valence-electron chi connectivity index (χ1n) is 10.1. The molecule has 4 rings (SSSR count). The molecule has 0 saturated carbocycles. The highest BCUT2D eigenvalue weighted by Crippen LogP contribution is 2.34. The Balaban J connectivity index is 1.41. The number of hydrogen-bond donors (Lipinski definition) is 0. The van der Waals surface area contributed by atoms with Crippen LogP contribution in [0.4, 0.5) is 4.79 Å². The van der Waals surface area contributed by atoms with Crippen molar-refractivity contribution in [3.63, 3.8) is 0 Å². The molecule has 2 amide bonds. The van der Waals surface area contributed by atoms with Crippen LogP contribution in [0.2, 0.25) is 5.02 Å². The van der Waals surface area contributed by atoms with E-state index in [9.17, 15) is 9.59 Å². The maximum Gasteiger partial charge on any atom is 0.289 e. The van der Waals surface area contributed by atoms with Gasteiger partial charge in [0.05, 0.1) is 18.9 Å². The number of carbonyl (C=O) groups is 2. The lowest BCUT2D eigenvalue weighted by molar-refractivity contribution is -0.127. The molecular formula is C25H22ClNO4S. The largest absolute Gasteiger partial charge is 0.493 e. The number of nitrogens with zero attached hydrogens (tertiary/aromatic N) is 1. The highest BCUT2D eigenvalue weighted by molar-refractivity contribution is 8.15. The maximum absolute atomic E-state index is 12.9. The summed E-state index contributed by atoms with van der Waals surface area (Å²) in [6, 6.07) is 22.6. The monoisotopic (exact) mass is 467 g/mol. The van der Waals surface area contributed by atoms with Crippen LogP contribution in [-0.4, -0.2) is 28.4 Å². The number of benzene rings is 3. The van der Waals surface area contributed by atoms with Crippen LogP contribution in [0.1, 0.15) is 16.7 Å². The molecule has 0 spiro atoms. The van der Waals surface area contributed by atoms with Crippen molar-refractivity contribution in [1.29, 1.82) is 0 Å². The quantitative estimate of drug-likeness (QED) is 0.423. The molecule has 3 aromatic rings. The van der Waals surface area contributed by atoms with E-state index in [1.165, 1.54) is 4.90 Å². The predicted octanol–water partition coefficient (Wildman–Crippen LogP) is 5.73. The topological polar surface area (TPSA) is 55.8 Å². The summed E-state index contributed by atoms with van der Waals surface area (Å²) in [4.78, 5) is 26.6. The summed E-state index contributed by atoms with van der Waals surface area (Å²) in [6.45, 7) is 0.676. The molecule has 0 bridgehead atoms. The molecule has 1 heterocycles. The summed E-state index contributed by atoms with van der Waals surface area (Å²) in [6.07, 6.45) is 0.432. The summed E-state index contributed by atoms with van der Waals surface area (Å²) < 4.78 is 11.4. The predicted molar refractivity (Wildman–Crippen MR) is 126 cm³/mol. The number of rotatable bonds is 8. The lowest BCUT2D eigenvalue weighted by Crippen LogP contribution is -2.31. The fraction of sp³-hybridized carbons (Fsp3) is 0.200. The van der Waals surface area contributed by atoms with Crippen molar-refractivity contribution in [2.24, 2.45) is 0 Å². The minimum absolute atomic E-state index is 0.182. The summed E-state index contributed by atoms with van der Waals surface area (Å²) in [5.74, 6) is 1.04. The van der Waals surface area contributed by atoms with Gasteiger partial charge in [-0.15, -0.1) is 0 Å². The van der Waals surface area contributed by atoms with E-state index in [4.69, 9.17) is 21.1 Å². The number of imide groups is 1. The molecule has 0 aromatic heterocycles. The van der Waals surface area contributed by atoms with Crippen LogP contribution in [-0.2, 0) is 24.4 Å². The number of ether oxygens (including phenoxy) is 2. The van der Waals surface area contributed by atoms with Gasteiger partial charge < -0.3 is 9.47 Å². The van der Waals surface area contributed by atoms with Gasteiger partial charge in [-0.3, -0.25) is 14.5 Å². The summed E-state index contributed by atoms with van der Waals surface area (Å²) in [7, 11) is 1.58. The number of methoxy groups -OCH3 is 1. The fourth-order valence-electron chi connectivity index (χ4n) is 3.45. The molecule has 5 nitrogen and oxygen atoms in total. The third kappa shape index (κ3) is 5.26. The van der Waals surface area contributed by atoms with Crippen LogP contribution in [0.3, 0.4) is 0 Å². The molecule has 1 aliphatic heterocycles. The molecule has 0 radical (unpaired) electrons. The number of halogens is 1. The standard InChI is InChI=1S/C25H22ClNO4S/c1-30-22-13-19(9-12-21(22)31-16-18-5-3-2-4-6-18)14-23-24(28)27(25(29)32-23)15-17-7-10-20(26)11-8-17/h2-13,23H,14-16H2,1H3/t23-/m0/s1. The Morgan fingerprint density at radius 1 is 0.906 bits per heavy atom. The first-order valence-corrected chi connectivity index (χ1v) is 11.4. The Hall–Kier alpha value is -2.96. The van der Waals surface area contributed by atoms with Crippen molar-refractivity contribution in [1.82, 2.24) is 4.90 Å². The molecule has 0 unspecified atom stereocenters. The molecule has 1 fully saturated rings. The van der Waals surface area contributed by atoms with E-state index in [1.807, 2.05) is 60.7 Å². The van der Waals surface area contributed by atoms with Gasteiger partial charge in [0.25, 0.3) is 5.24 Å². The van der Waals surface area contributed by atoms with Crippen LogP contribution in [0, 0.1) is 0 Å². The third-order valence-electron chi connectivity index (χ3n) is 5.15. The molecule has 3 aromatic carbocycles. The van der Waals surface area contributed by atoms with Crippen molar-refractivity contribution in [2.75, 3.05) is 7.11 Å². The first-order chi connectivity index (χ1) is 15.5. The van der Waals surface area contributed by atoms with Crippen LogP contribution in [0.25, 0.3) is 0 Å². The van der Waals surface area contributed by atoms with Gasteiger partial charge in [0.15, 0.2) is 11.5 Å². The van der Waals surface area contributed by atoms with E-state index in [2.05, 4.69) is 0 Å². The Morgan fingerprint density at radius 2 is 1.62 bits per heavy atom. The fourth-order valence-corrected chi connectivity index (χ4v) is 4.61. The van der Waals surface area contributed by atoms with E-state index < -0.39 is 5.25 Å². The molecule has 32 heavy (non-hydrogen) atoms. The SMILES string of the molecule is COc1cc(C[C@@H]2SC(=O)N(Cc3ccc(Cl)cc3)C2=O)ccc1OCc1ccccc1. The molecule has 1 aliphatic rings. The van der Waals surface area contributed by atoms with Gasteiger partial charge >= 0.3 is 0 Å². The van der Waals surface area contributed by atoms with Gasteiger partial charge in [0.2, 0.25) is 5.91 Å². The second kappa shape index (κ2) is 10.1. The molecule has 1 atom stereocenters. The van der Waals surface area contributed by atoms with Gasteiger partial charge in [0.1, 0.15) is 6.61 Å². The Bertz CT molecular complexity index is 1100. The second-order valence-corrected chi connectivity index (χ2v) is 8.98. The number of amides is 2. The Labute approximate surface area is 196 Å². The summed E-state index contributed by atoms with van der Waals surface area (Å²) in [5.41, 5.74) is 2.82.